The van der Waals surface area contributed by atoms with Crippen LogP contribution >= 0.6 is 23.2 Å². The molecule has 2 aromatic heterocycles. The number of fused-ring (bicyclic) bond motifs is 1. The highest BCUT2D eigenvalue weighted by Crippen LogP contribution is 2.47. The second kappa shape index (κ2) is 9.88. The van der Waals surface area contributed by atoms with E-state index in [1.807, 2.05) is 4.72 Å². The molecule has 4 aromatic rings. The molecule has 0 radical (unpaired) electrons. The summed E-state index contributed by atoms with van der Waals surface area (Å²) >= 11 is 11.9. The number of alkyl halides is 5. The molecule has 0 bridgehead atoms. The Hall–Kier alpha value is -3.29. The van der Waals surface area contributed by atoms with Crippen molar-refractivity contribution in [3.63, 3.8) is 0 Å². The van der Waals surface area contributed by atoms with Crippen molar-refractivity contribution in [1.29, 1.82) is 0 Å². The molecule has 15 heteroatoms. The third-order valence-corrected chi connectivity index (χ3v) is 7.21. The summed E-state index contributed by atoms with van der Waals surface area (Å²) in [5.74, 6) is -7.14. The van der Waals surface area contributed by atoms with Gasteiger partial charge in [-0.1, -0.05) is 47.5 Å². The summed E-state index contributed by atoms with van der Waals surface area (Å²) < 4.78 is 103. The number of nitrogens with zero attached hydrogens (tertiary/aromatic N) is 3. The van der Waals surface area contributed by atoms with Crippen LogP contribution in [0, 0.1) is 0 Å². The summed E-state index contributed by atoms with van der Waals surface area (Å²) in [6.07, 6.45) is -7.11. The van der Waals surface area contributed by atoms with Gasteiger partial charge in [0, 0.05) is 18.0 Å². The van der Waals surface area contributed by atoms with Crippen LogP contribution in [-0.2, 0) is 10.0 Å². The fourth-order valence-corrected chi connectivity index (χ4v) is 4.91. The van der Waals surface area contributed by atoms with Crippen molar-refractivity contribution in [1.82, 2.24) is 15.0 Å². The van der Waals surface area contributed by atoms with Gasteiger partial charge in [-0.15, -0.1) is 0 Å². The number of nitrogens with one attached hydrogen (secondary N) is 1. The third-order valence-electron chi connectivity index (χ3n) is 4.90. The lowest BCUT2D eigenvalue weighted by Gasteiger charge is -2.29. The van der Waals surface area contributed by atoms with E-state index in [9.17, 15) is 30.4 Å². The number of pyridine rings is 1. The molecule has 0 aliphatic rings. The van der Waals surface area contributed by atoms with Crippen LogP contribution in [0.15, 0.2) is 71.9 Å². The number of ether oxygens (including phenoxy) is 1. The zero-order valence-electron chi connectivity index (χ0n) is 18.0. The minimum absolute atomic E-state index is 0.0292. The molecule has 1 unspecified atom stereocenters. The number of sulfonamides is 1. The summed E-state index contributed by atoms with van der Waals surface area (Å²) in [6, 6.07) is 11.6. The Morgan fingerprint density at radius 1 is 0.892 bits per heavy atom. The van der Waals surface area contributed by atoms with Gasteiger partial charge in [-0.2, -0.15) is 22.0 Å². The van der Waals surface area contributed by atoms with Crippen molar-refractivity contribution in [3.8, 4) is 5.88 Å². The Morgan fingerprint density at radius 2 is 1.57 bits per heavy atom. The first-order valence-corrected chi connectivity index (χ1v) is 12.3. The molecule has 37 heavy (non-hydrogen) atoms. The van der Waals surface area contributed by atoms with Crippen LogP contribution in [0.25, 0.3) is 11.0 Å². The van der Waals surface area contributed by atoms with Crippen molar-refractivity contribution in [2.75, 3.05) is 4.72 Å². The number of hydrogen-bond acceptors (Lipinski definition) is 6. The number of halogens is 7. The first kappa shape index (κ1) is 26.8. The maximum Gasteiger partial charge on any atom is 0.457 e. The molecule has 0 fully saturated rings. The molecule has 0 spiro atoms. The molecule has 0 saturated carbocycles. The van der Waals surface area contributed by atoms with E-state index in [-0.39, 0.29) is 21.1 Å². The highest BCUT2D eigenvalue weighted by Gasteiger charge is 2.64. The quantitative estimate of drug-likeness (QED) is 0.253. The Kier molecular flexibility index (Phi) is 7.14. The molecule has 2 heterocycles. The van der Waals surface area contributed by atoms with Gasteiger partial charge in [-0.25, -0.2) is 18.4 Å². The van der Waals surface area contributed by atoms with Gasteiger partial charge in [-0.3, -0.25) is 9.71 Å². The second-order valence-electron chi connectivity index (χ2n) is 7.43. The van der Waals surface area contributed by atoms with Crippen LogP contribution in [0.4, 0.5) is 27.8 Å². The number of benzene rings is 2. The highest BCUT2D eigenvalue weighted by molar-refractivity contribution is 7.92. The Labute approximate surface area is 216 Å². The third kappa shape index (κ3) is 5.38. The molecule has 194 valence electrons. The maximum absolute atomic E-state index is 14.6. The van der Waals surface area contributed by atoms with Crippen molar-refractivity contribution >= 4 is 50.1 Å². The van der Waals surface area contributed by atoms with E-state index >= 15 is 0 Å². The number of para-hydroxylation sites is 2. The maximum atomic E-state index is 14.6. The normalized spacial score (nSPS) is 13.4. The predicted molar refractivity (Wildman–Crippen MR) is 125 cm³/mol. The molecule has 0 aliphatic heterocycles. The lowest BCUT2D eigenvalue weighted by Crippen LogP contribution is -2.44. The van der Waals surface area contributed by atoms with Crippen LogP contribution in [0.3, 0.4) is 0 Å². The predicted octanol–water partition coefficient (Wildman–Crippen LogP) is 6.45. The average molecular weight is 579 g/mol. The molecule has 0 saturated heterocycles. The topological polar surface area (TPSA) is 94.1 Å². The molecule has 1 atom stereocenters. The van der Waals surface area contributed by atoms with Gasteiger partial charge in [-0.05, 0) is 30.3 Å². The van der Waals surface area contributed by atoms with E-state index < -0.39 is 50.4 Å². The summed E-state index contributed by atoms with van der Waals surface area (Å²) in [6.45, 7) is 0. The Morgan fingerprint density at radius 3 is 2.19 bits per heavy atom. The van der Waals surface area contributed by atoms with Crippen molar-refractivity contribution < 1.29 is 35.1 Å². The van der Waals surface area contributed by atoms with Gasteiger partial charge in [0.25, 0.3) is 15.9 Å². The molecule has 4 rings (SSSR count). The van der Waals surface area contributed by atoms with Gasteiger partial charge in [0.15, 0.2) is 6.10 Å². The summed E-state index contributed by atoms with van der Waals surface area (Å²) in [5.41, 5.74) is -0.529. The minimum atomic E-state index is -6.04. The van der Waals surface area contributed by atoms with Crippen molar-refractivity contribution in [3.05, 3.63) is 82.6 Å². The monoisotopic (exact) mass is 578 g/mol. The molecular formula is C22H13Cl2F5N4O3S. The summed E-state index contributed by atoms with van der Waals surface area (Å²) in [4.78, 5) is 11.1. The van der Waals surface area contributed by atoms with E-state index in [1.54, 1.807) is 0 Å². The fourth-order valence-electron chi connectivity index (χ4n) is 3.15. The molecular weight excluding hydrogens is 566 g/mol. The summed E-state index contributed by atoms with van der Waals surface area (Å²) in [7, 11) is -4.59. The Balaban J connectivity index is 1.87. The molecule has 1 N–H and O–H groups in total. The summed E-state index contributed by atoms with van der Waals surface area (Å²) in [5, 5.41) is -0.461. The van der Waals surface area contributed by atoms with Gasteiger partial charge in [0.2, 0.25) is 5.82 Å². The minimum Gasteiger partial charge on any atom is -0.460 e. The van der Waals surface area contributed by atoms with Crippen molar-refractivity contribution in [2.24, 2.45) is 0 Å². The lowest BCUT2D eigenvalue weighted by atomic mass is 10.0. The fraction of sp³-hybridized carbons (Fsp3) is 0.136. The zero-order chi connectivity index (χ0) is 27.0. The SMILES string of the molecule is O=S(=O)(Nc1nc2ccccc2nc1OC(c1cccnc1)C(F)(F)C(F)(F)F)c1cccc(Cl)c1Cl. The largest absolute Gasteiger partial charge is 0.460 e. The number of rotatable bonds is 7. The smallest absolute Gasteiger partial charge is 0.457 e. The van der Waals surface area contributed by atoms with E-state index in [1.165, 1.54) is 36.4 Å². The number of aromatic nitrogens is 3. The second-order valence-corrected chi connectivity index (χ2v) is 9.86. The highest BCUT2D eigenvalue weighted by atomic mass is 35.5. The first-order valence-electron chi connectivity index (χ1n) is 10.1. The molecule has 2 aromatic carbocycles. The standard InChI is InChI=1S/C22H13Cl2F5N4O3S/c23-13-6-3-9-16(17(13)24)37(34,35)33-19-20(32-15-8-2-1-7-14(15)31-19)36-18(12-5-4-10-30-11-12)21(25,26)22(27,28)29/h1-11,18H,(H,31,33). The van der Waals surface area contributed by atoms with Gasteiger partial charge >= 0.3 is 12.1 Å². The zero-order valence-corrected chi connectivity index (χ0v) is 20.4. The first-order chi connectivity index (χ1) is 17.3. The van der Waals surface area contributed by atoms with E-state index in [4.69, 9.17) is 27.9 Å². The van der Waals surface area contributed by atoms with Crippen LogP contribution in [0.1, 0.15) is 11.7 Å². The van der Waals surface area contributed by atoms with Crippen LogP contribution in [-0.4, -0.2) is 35.5 Å². The Bertz CT molecular complexity index is 1560. The van der Waals surface area contributed by atoms with Gasteiger partial charge < -0.3 is 4.74 Å². The van der Waals surface area contributed by atoms with Crippen LogP contribution < -0.4 is 9.46 Å². The molecule has 0 amide bonds. The number of anilines is 1. The number of hydrogen-bond donors (Lipinski definition) is 1. The van der Waals surface area contributed by atoms with E-state index in [0.29, 0.717) is 0 Å². The molecule has 0 aliphatic carbocycles. The van der Waals surface area contributed by atoms with Crippen LogP contribution in [0.2, 0.25) is 10.0 Å². The molecule has 7 nitrogen and oxygen atoms in total. The van der Waals surface area contributed by atoms with E-state index in [0.717, 1.165) is 30.6 Å². The lowest BCUT2D eigenvalue weighted by molar-refractivity contribution is -0.311. The average Bonchev–Trinajstić information content (AvgIpc) is 2.83. The van der Waals surface area contributed by atoms with Gasteiger partial charge in [0.1, 0.15) is 4.90 Å². The van der Waals surface area contributed by atoms with Gasteiger partial charge in [0.05, 0.1) is 21.1 Å². The van der Waals surface area contributed by atoms with Crippen LogP contribution in [0.5, 0.6) is 5.88 Å². The van der Waals surface area contributed by atoms with Crippen molar-refractivity contribution in [2.45, 2.75) is 23.1 Å². The van der Waals surface area contributed by atoms with E-state index in [2.05, 4.69) is 15.0 Å².